The molecule has 6 nitrogen and oxygen atoms in total. The fourth-order valence-corrected chi connectivity index (χ4v) is 2.10. The van der Waals surface area contributed by atoms with Crippen LogP contribution < -0.4 is 5.56 Å². The summed E-state index contributed by atoms with van der Waals surface area (Å²) in [6.07, 6.45) is 0. The zero-order valence-corrected chi connectivity index (χ0v) is 12.0. The van der Waals surface area contributed by atoms with Gasteiger partial charge in [-0.25, -0.2) is 4.68 Å². The molecule has 110 valence electrons. The Labute approximate surface area is 130 Å². The molecule has 22 heavy (non-hydrogen) atoms. The van der Waals surface area contributed by atoms with Gasteiger partial charge in [-0.2, -0.15) is 5.11 Å². The van der Waals surface area contributed by atoms with Gasteiger partial charge in [-0.3, -0.25) is 9.89 Å². The molecule has 0 aliphatic heterocycles. The van der Waals surface area contributed by atoms with Crippen LogP contribution in [0.4, 0.5) is 11.4 Å². The lowest BCUT2D eigenvalue weighted by Gasteiger charge is -2.02. The number of aromatic amines is 1. The lowest BCUT2D eigenvalue weighted by molar-refractivity contribution is 0.434. The zero-order valence-electron chi connectivity index (χ0n) is 11.3. The quantitative estimate of drug-likeness (QED) is 0.718. The standard InChI is InChI=1S/C15H11ClN4O2/c16-10-5-4-6-11(9-10)17-18-13-14(21)19-20(15(13)22)12-7-2-1-3-8-12/h1-9,22H,(H,19,21). The molecule has 0 radical (unpaired) electrons. The normalized spacial score (nSPS) is 11.1. The highest BCUT2D eigenvalue weighted by Gasteiger charge is 2.14. The van der Waals surface area contributed by atoms with Crippen LogP contribution in [0.3, 0.4) is 0 Å². The van der Waals surface area contributed by atoms with Gasteiger partial charge in [0.05, 0.1) is 11.4 Å². The summed E-state index contributed by atoms with van der Waals surface area (Å²) in [5.74, 6) is -0.304. The summed E-state index contributed by atoms with van der Waals surface area (Å²) in [4.78, 5) is 11.9. The summed E-state index contributed by atoms with van der Waals surface area (Å²) in [7, 11) is 0. The topological polar surface area (TPSA) is 82.7 Å². The van der Waals surface area contributed by atoms with Gasteiger partial charge in [-0.15, -0.1) is 5.11 Å². The van der Waals surface area contributed by atoms with E-state index >= 15 is 0 Å². The molecule has 0 saturated heterocycles. The first kappa shape index (κ1) is 14.1. The van der Waals surface area contributed by atoms with Gasteiger partial charge in [-0.05, 0) is 30.3 Å². The number of para-hydroxylation sites is 1. The Balaban J connectivity index is 1.99. The predicted octanol–water partition coefficient (Wildman–Crippen LogP) is 3.94. The van der Waals surface area contributed by atoms with Crippen molar-refractivity contribution in [1.29, 1.82) is 0 Å². The van der Waals surface area contributed by atoms with E-state index in [0.717, 1.165) is 0 Å². The summed E-state index contributed by atoms with van der Waals surface area (Å²) in [6, 6.07) is 15.6. The van der Waals surface area contributed by atoms with Crippen LogP contribution in [0.5, 0.6) is 5.88 Å². The minimum atomic E-state index is -0.535. The van der Waals surface area contributed by atoms with Gasteiger partial charge >= 0.3 is 0 Å². The maximum atomic E-state index is 11.9. The number of aromatic hydroxyl groups is 1. The highest BCUT2D eigenvalue weighted by atomic mass is 35.5. The molecule has 0 amide bonds. The highest BCUT2D eigenvalue weighted by Crippen LogP contribution is 2.27. The predicted molar refractivity (Wildman–Crippen MR) is 83.7 cm³/mol. The van der Waals surface area contributed by atoms with Crippen molar-refractivity contribution >= 4 is 23.0 Å². The van der Waals surface area contributed by atoms with Crippen molar-refractivity contribution in [2.24, 2.45) is 10.2 Å². The van der Waals surface area contributed by atoms with Gasteiger partial charge in [0.1, 0.15) is 0 Å². The minimum Gasteiger partial charge on any atom is -0.492 e. The molecule has 0 bridgehead atoms. The van der Waals surface area contributed by atoms with E-state index in [4.69, 9.17) is 11.6 Å². The molecule has 0 unspecified atom stereocenters. The molecule has 7 heteroatoms. The van der Waals surface area contributed by atoms with Crippen LogP contribution in [0.2, 0.25) is 5.02 Å². The van der Waals surface area contributed by atoms with Crippen molar-refractivity contribution in [2.45, 2.75) is 0 Å². The van der Waals surface area contributed by atoms with E-state index in [2.05, 4.69) is 15.3 Å². The van der Waals surface area contributed by atoms with E-state index in [9.17, 15) is 9.90 Å². The van der Waals surface area contributed by atoms with Gasteiger partial charge in [0, 0.05) is 5.02 Å². The number of aromatic nitrogens is 2. The third-order valence-electron chi connectivity index (χ3n) is 2.94. The fourth-order valence-electron chi connectivity index (χ4n) is 1.91. The van der Waals surface area contributed by atoms with Crippen LogP contribution in [0.15, 0.2) is 69.6 Å². The van der Waals surface area contributed by atoms with Gasteiger partial charge in [0.15, 0.2) is 0 Å². The van der Waals surface area contributed by atoms with Crippen molar-refractivity contribution in [3.63, 3.8) is 0 Å². The molecule has 3 aromatic rings. The molecule has 0 aliphatic carbocycles. The summed E-state index contributed by atoms with van der Waals surface area (Å²) in [5, 5.41) is 20.9. The summed E-state index contributed by atoms with van der Waals surface area (Å²) in [6.45, 7) is 0. The molecule has 1 aromatic heterocycles. The first-order valence-electron chi connectivity index (χ1n) is 6.42. The Morgan fingerprint density at radius 2 is 1.82 bits per heavy atom. The van der Waals surface area contributed by atoms with Crippen LogP contribution in [0.1, 0.15) is 0 Å². The van der Waals surface area contributed by atoms with Crippen LogP contribution in [-0.4, -0.2) is 14.9 Å². The number of H-pyrrole nitrogens is 1. The number of benzene rings is 2. The van der Waals surface area contributed by atoms with Crippen molar-refractivity contribution < 1.29 is 5.11 Å². The Bertz CT molecular complexity index is 884. The molecule has 0 atom stereocenters. The Hall–Kier alpha value is -2.86. The van der Waals surface area contributed by atoms with Crippen molar-refractivity contribution in [2.75, 3.05) is 0 Å². The van der Waals surface area contributed by atoms with Gasteiger partial charge < -0.3 is 5.11 Å². The number of rotatable bonds is 3. The van der Waals surface area contributed by atoms with E-state index in [1.807, 2.05) is 6.07 Å². The van der Waals surface area contributed by atoms with Gasteiger partial charge in [-0.1, -0.05) is 35.9 Å². The third-order valence-corrected chi connectivity index (χ3v) is 3.18. The number of halogens is 1. The first-order chi connectivity index (χ1) is 10.6. The molecule has 0 spiro atoms. The smallest absolute Gasteiger partial charge is 0.296 e. The minimum absolute atomic E-state index is 0.163. The molecular weight excluding hydrogens is 304 g/mol. The maximum Gasteiger partial charge on any atom is 0.296 e. The number of hydrogen-bond acceptors (Lipinski definition) is 4. The molecule has 0 aliphatic rings. The lowest BCUT2D eigenvalue weighted by atomic mass is 10.3. The molecule has 0 saturated carbocycles. The van der Waals surface area contributed by atoms with Crippen LogP contribution >= 0.6 is 11.6 Å². The Kier molecular flexibility index (Phi) is 3.76. The molecule has 1 heterocycles. The molecular formula is C15H11ClN4O2. The molecule has 3 rings (SSSR count). The van der Waals surface area contributed by atoms with Gasteiger partial charge in [0.2, 0.25) is 11.6 Å². The average molecular weight is 315 g/mol. The Morgan fingerprint density at radius 3 is 2.55 bits per heavy atom. The number of nitrogens with zero attached hydrogens (tertiary/aromatic N) is 3. The highest BCUT2D eigenvalue weighted by molar-refractivity contribution is 6.30. The van der Waals surface area contributed by atoms with Crippen LogP contribution in [0, 0.1) is 0 Å². The van der Waals surface area contributed by atoms with E-state index in [1.54, 1.807) is 48.5 Å². The summed E-state index contributed by atoms with van der Waals surface area (Å²) in [5.41, 5.74) is 0.399. The Morgan fingerprint density at radius 1 is 1.05 bits per heavy atom. The van der Waals surface area contributed by atoms with E-state index < -0.39 is 5.56 Å². The maximum absolute atomic E-state index is 11.9. The van der Waals surface area contributed by atoms with Crippen LogP contribution in [0.25, 0.3) is 5.69 Å². The molecule has 2 aromatic carbocycles. The van der Waals surface area contributed by atoms with Crippen LogP contribution in [-0.2, 0) is 0 Å². The third kappa shape index (κ3) is 2.77. The van der Waals surface area contributed by atoms with Crippen molar-refractivity contribution in [3.05, 3.63) is 70.0 Å². The number of azo groups is 1. The van der Waals surface area contributed by atoms with Crippen molar-refractivity contribution in [1.82, 2.24) is 9.78 Å². The van der Waals surface area contributed by atoms with E-state index in [1.165, 1.54) is 4.68 Å². The second-order valence-electron chi connectivity index (χ2n) is 4.46. The summed E-state index contributed by atoms with van der Waals surface area (Å²) < 4.78 is 1.24. The van der Waals surface area contributed by atoms with Crippen molar-refractivity contribution in [3.8, 4) is 11.6 Å². The van der Waals surface area contributed by atoms with E-state index in [-0.39, 0.29) is 11.6 Å². The zero-order chi connectivity index (χ0) is 15.5. The number of hydrogen-bond donors (Lipinski definition) is 2. The first-order valence-corrected chi connectivity index (χ1v) is 6.79. The second-order valence-corrected chi connectivity index (χ2v) is 4.90. The lowest BCUT2D eigenvalue weighted by Crippen LogP contribution is -2.03. The number of nitrogens with one attached hydrogen (secondary N) is 1. The SMILES string of the molecule is O=c1[nH]n(-c2ccccc2)c(O)c1N=Nc1cccc(Cl)c1. The van der Waals surface area contributed by atoms with E-state index in [0.29, 0.717) is 16.4 Å². The monoisotopic (exact) mass is 314 g/mol. The molecule has 2 N–H and O–H groups in total. The average Bonchev–Trinajstić information content (AvgIpc) is 2.81. The van der Waals surface area contributed by atoms with Gasteiger partial charge in [0.25, 0.3) is 5.56 Å². The largest absolute Gasteiger partial charge is 0.492 e. The fraction of sp³-hybridized carbons (Fsp3) is 0. The molecule has 0 fully saturated rings. The summed E-state index contributed by atoms with van der Waals surface area (Å²) >= 11 is 5.85. The second kappa shape index (κ2) is 5.87.